The zero-order valence-electron chi connectivity index (χ0n) is 14.5. The molecule has 3 heterocycles. The van der Waals surface area contributed by atoms with Crippen LogP contribution >= 0.6 is 0 Å². The molecule has 2 fully saturated rings. The van der Waals surface area contributed by atoms with Crippen molar-refractivity contribution in [1.82, 2.24) is 19.4 Å². The third kappa shape index (κ3) is 4.34. The van der Waals surface area contributed by atoms with Crippen molar-refractivity contribution in [3.63, 3.8) is 0 Å². The van der Waals surface area contributed by atoms with E-state index in [0.717, 1.165) is 38.4 Å². The molecule has 23 heavy (non-hydrogen) atoms. The Kier molecular flexibility index (Phi) is 5.36. The summed E-state index contributed by atoms with van der Waals surface area (Å²) in [6.45, 7) is 9.87. The molecule has 3 rings (SSSR count). The molecule has 128 valence electrons. The first-order chi connectivity index (χ1) is 11.1. The fourth-order valence-electron chi connectivity index (χ4n) is 4.00. The summed E-state index contributed by atoms with van der Waals surface area (Å²) in [7, 11) is 0. The molecule has 0 spiro atoms. The number of piperidine rings is 2. The van der Waals surface area contributed by atoms with Crippen LogP contribution in [-0.2, 0) is 11.3 Å². The Morgan fingerprint density at radius 1 is 1.17 bits per heavy atom. The van der Waals surface area contributed by atoms with E-state index in [1.54, 1.807) is 0 Å². The molecule has 0 N–H and O–H groups in total. The van der Waals surface area contributed by atoms with Gasteiger partial charge in [0, 0.05) is 44.5 Å². The van der Waals surface area contributed by atoms with Crippen LogP contribution in [0.4, 0.5) is 0 Å². The first kappa shape index (κ1) is 16.5. The summed E-state index contributed by atoms with van der Waals surface area (Å²) in [5, 5.41) is 0. The number of hydrogen-bond donors (Lipinski definition) is 0. The maximum Gasteiger partial charge on any atom is 0.222 e. The second kappa shape index (κ2) is 7.47. The molecule has 0 aliphatic carbocycles. The minimum absolute atomic E-state index is 0.339. The van der Waals surface area contributed by atoms with Crippen molar-refractivity contribution < 1.29 is 4.79 Å². The SMILES string of the molecule is CC(C)N1CC(CN2CCC(Cn3ccnc3)CC2)CCC1=O. The van der Waals surface area contributed by atoms with Crippen molar-refractivity contribution in [2.24, 2.45) is 11.8 Å². The number of rotatable bonds is 5. The van der Waals surface area contributed by atoms with Gasteiger partial charge in [-0.05, 0) is 58.0 Å². The lowest BCUT2D eigenvalue weighted by molar-refractivity contribution is -0.137. The van der Waals surface area contributed by atoms with Gasteiger partial charge in [0.15, 0.2) is 0 Å². The highest BCUT2D eigenvalue weighted by molar-refractivity contribution is 5.77. The zero-order chi connectivity index (χ0) is 16.2. The lowest BCUT2D eigenvalue weighted by Crippen LogP contribution is -2.48. The smallest absolute Gasteiger partial charge is 0.222 e. The van der Waals surface area contributed by atoms with E-state index in [2.05, 4.69) is 39.4 Å². The Hall–Kier alpha value is -1.36. The van der Waals surface area contributed by atoms with E-state index in [4.69, 9.17) is 0 Å². The van der Waals surface area contributed by atoms with Crippen LogP contribution < -0.4 is 0 Å². The molecule has 1 unspecified atom stereocenters. The van der Waals surface area contributed by atoms with Gasteiger partial charge in [0.25, 0.3) is 0 Å². The van der Waals surface area contributed by atoms with Gasteiger partial charge in [0.05, 0.1) is 6.33 Å². The van der Waals surface area contributed by atoms with Crippen LogP contribution in [0.2, 0.25) is 0 Å². The van der Waals surface area contributed by atoms with E-state index in [1.807, 2.05) is 12.5 Å². The Labute approximate surface area is 139 Å². The molecule has 0 radical (unpaired) electrons. The quantitative estimate of drug-likeness (QED) is 0.836. The summed E-state index contributed by atoms with van der Waals surface area (Å²) < 4.78 is 2.20. The van der Waals surface area contributed by atoms with Crippen LogP contribution in [0.25, 0.3) is 0 Å². The van der Waals surface area contributed by atoms with E-state index in [9.17, 15) is 4.79 Å². The second-order valence-electron chi connectivity index (χ2n) is 7.55. The molecule has 1 atom stereocenters. The molecule has 2 aliphatic heterocycles. The van der Waals surface area contributed by atoms with E-state index in [1.165, 1.54) is 25.9 Å². The lowest BCUT2D eigenvalue weighted by Gasteiger charge is -2.39. The average molecular weight is 318 g/mol. The van der Waals surface area contributed by atoms with Crippen molar-refractivity contribution in [2.75, 3.05) is 26.2 Å². The molecule has 2 saturated heterocycles. The summed E-state index contributed by atoms with van der Waals surface area (Å²) in [6.07, 6.45) is 10.2. The normalized spacial score (nSPS) is 24.6. The number of carbonyl (C=O) groups is 1. The number of nitrogens with zero attached hydrogens (tertiary/aromatic N) is 4. The van der Waals surface area contributed by atoms with E-state index < -0.39 is 0 Å². The van der Waals surface area contributed by atoms with Crippen LogP contribution in [0.15, 0.2) is 18.7 Å². The molecule has 0 saturated carbocycles. The predicted octanol–water partition coefficient (Wildman–Crippen LogP) is 2.24. The lowest BCUT2D eigenvalue weighted by atomic mass is 9.92. The van der Waals surface area contributed by atoms with Crippen molar-refractivity contribution in [1.29, 1.82) is 0 Å². The molecule has 1 aromatic rings. The maximum absolute atomic E-state index is 12.0. The van der Waals surface area contributed by atoms with E-state index in [-0.39, 0.29) is 0 Å². The van der Waals surface area contributed by atoms with Crippen LogP contribution in [0, 0.1) is 11.8 Å². The minimum Gasteiger partial charge on any atom is -0.340 e. The summed E-state index contributed by atoms with van der Waals surface area (Å²) in [6, 6.07) is 0.339. The van der Waals surface area contributed by atoms with Gasteiger partial charge >= 0.3 is 0 Å². The fraction of sp³-hybridized carbons (Fsp3) is 0.778. The Morgan fingerprint density at radius 3 is 2.61 bits per heavy atom. The van der Waals surface area contributed by atoms with Crippen molar-refractivity contribution in [3.8, 4) is 0 Å². The van der Waals surface area contributed by atoms with Gasteiger partial charge in [-0.25, -0.2) is 4.98 Å². The van der Waals surface area contributed by atoms with Crippen LogP contribution in [0.5, 0.6) is 0 Å². The van der Waals surface area contributed by atoms with Crippen molar-refractivity contribution in [3.05, 3.63) is 18.7 Å². The standard InChI is InChI=1S/C18H30N4O/c1-15(2)22-13-17(3-4-18(22)23)12-20-8-5-16(6-9-20)11-21-10-7-19-14-21/h7,10,14-17H,3-6,8-9,11-13H2,1-2H3. The van der Waals surface area contributed by atoms with Crippen LogP contribution in [0.1, 0.15) is 39.5 Å². The van der Waals surface area contributed by atoms with Gasteiger partial charge in [0.1, 0.15) is 0 Å². The summed E-state index contributed by atoms with van der Waals surface area (Å²) >= 11 is 0. The van der Waals surface area contributed by atoms with Gasteiger partial charge in [-0.2, -0.15) is 0 Å². The molecule has 1 aromatic heterocycles. The zero-order valence-corrected chi connectivity index (χ0v) is 14.5. The first-order valence-corrected chi connectivity index (χ1v) is 9.09. The molecule has 2 aliphatic rings. The number of hydrogen-bond acceptors (Lipinski definition) is 3. The molecule has 0 aromatic carbocycles. The van der Waals surface area contributed by atoms with Crippen molar-refractivity contribution >= 4 is 5.91 Å². The third-order valence-corrected chi connectivity index (χ3v) is 5.42. The number of imidazole rings is 1. The maximum atomic E-state index is 12.0. The molecular formula is C18H30N4O. The number of aromatic nitrogens is 2. The Balaban J connectivity index is 1.42. The fourth-order valence-corrected chi connectivity index (χ4v) is 4.00. The van der Waals surface area contributed by atoms with Gasteiger partial charge in [-0.3, -0.25) is 4.79 Å². The highest BCUT2D eigenvalue weighted by Crippen LogP contribution is 2.24. The predicted molar refractivity (Wildman–Crippen MR) is 91.0 cm³/mol. The average Bonchev–Trinajstić information content (AvgIpc) is 3.04. The Morgan fingerprint density at radius 2 is 1.96 bits per heavy atom. The minimum atomic E-state index is 0.339. The van der Waals surface area contributed by atoms with E-state index in [0.29, 0.717) is 17.9 Å². The number of likely N-dealkylation sites (tertiary alicyclic amines) is 2. The molecule has 5 heteroatoms. The van der Waals surface area contributed by atoms with Crippen LogP contribution in [-0.4, -0.2) is 57.5 Å². The van der Waals surface area contributed by atoms with Crippen molar-refractivity contribution in [2.45, 2.75) is 52.1 Å². The Bertz CT molecular complexity index is 491. The van der Waals surface area contributed by atoms with Gasteiger partial charge in [-0.1, -0.05) is 0 Å². The van der Waals surface area contributed by atoms with Crippen LogP contribution in [0.3, 0.4) is 0 Å². The molecule has 1 amide bonds. The molecule has 0 bridgehead atoms. The highest BCUT2D eigenvalue weighted by atomic mass is 16.2. The molecular weight excluding hydrogens is 288 g/mol. The van der Waals surface area contributed by atoms with Gasteiger partial charge < -0.3 is 14.4 Å². The summed E-state index contributed by atoms with van der Waals surface area (Å²) in [5.74, 6) is 1.77. The number of amides is 1. The summed E-state index contributed by atoms with van der Waals surface area (Å²) in [4.78, 5) is 20.8. The number of carbonyl (C=O) groups excluding carboxylic acids is 1. The highest BCUT2D eigenvalue weighted by Gasteiger charge is 2.29. The van der Waals surface area contributed by atoms with Gasteiger partial charge in [0.2, 0.25) is 5.91 Å². The first-order valence-electron chi connectivity index (χ1n) is 9.09. The molecule has 5 nitrogen and oxygen atoms in total. The topological polar surface area (TPSA) is 41.4 Å². The largest absolute Gasteiger partial charge is 0.340 e. The summed E-state index contributed by atoms with van der Waals surface area (Å²) in [5.41, 5.74) is 0. The monoisotopic (exact) mass is 318 g/mol. The van der Waals surface area contributed by atoms with E-state index >= 15 is 0 Å². The second-order valence-corrected chi connectivity index (χ2v) is 7.55. The van der Waals surface area contributed by atoms with Gasteiger partial charge in [-0.15, -0.1) is 0 Å². The third-order valence-electron chi connectivity index (χ3n) is 5.42.